The number of fused-ring (bicyclic) bond motifs is 2. The van der Waals surface area contributed by atoms with Crippen LogP contribution in [-0.2, 0) is 15.8 Å². The van der Waals surface area contributed by atoms with Crippen molar-refractivity contribution in [3.63, 3.8) is 0 Å². The topological polar surface area (TPSA) is 90.0 Å². The molecule has 190 valence electrons. The number of hydrogen-bond acceptors (Lipinski definition) is 4. The van der Waals surface area contributed by atoms with E-state index in [4.69, 9.17) is 0 Å². The first-order chi connectivity index (χ1) is 17.6. The smallest absolute Gasteiger partial charge is 0.378 e. The van der Waals surface area contributed by atoms with Gasteiger partial charge in [0.05, 0.1) is 23.4 Å². The van der Waals surface area contributed by atoms with Gasteiger partial charge in [-0.05, 0) is 41.0 Å². The number of halogens is 3. The Balaban J connectivity index is 1.40. The highest BCUT2D eigenvalue weighted by molar-refractivity contribution is 6.11. The molecule has 0 radical (unpaired) electrons. The Hall–Kier alpha value is -4.18. The molecule has 2 atom stereocenters. The second-order valence-corrected chi connectivity index (χ2v) is 8.94. The van der Waals surface area contributed by atoms with Gasteiger partial charge in [0.15, 0.2) is 6.10 Å². The number of nitrogens with one attached hydrogen (secondary N) is 1. The van der Waals surface area contributed by atoms with Crippen LogP contribution >= 0.6 is 0 Å². The van der Waals surface area contributed by atoms with Crippen molar-refractivity contribution in [3.8, 4) is 11.1 Å². The van der Waals surface area contributed by atoms with Crippen molar-refractivity contribution in [2.24, 2.45) is 0 Å². The molecular weight excluding hydrogens is 487 g/mol. The monoisotopic (exact) mass is 509 g/mol. The lowest BCUT2D eigenvalue weighted by atomic mass is 9.99. The first-order valence-corrected chi connectivity index (χ1v) is 11.6. The Labute approximate surface area is 210 Å². The summed E-state index contributed by atoms with van der Waals surface area (Å²) in [6.45, 7) is 0.0626. The molecule has 0 aromatic heterocycles. The number of amides is 3. The summed E-state index contributed by atoms with van der Waals surface area (Å²) in [6.07, 6.45) is -5.91. The molecule has 7 nitrogen and oxygen atoms in total. The van der Waals surface area contributed by atoms with Gasteiger partial charge < -0.3 is 20.2 Å². The molecule has 0 spiro atoms. The van der Waals surface area contributed by atoms with Crippen LogP contribution in [0, 0.1) is 0 Å². The molecule has 0 aliphatic carbocycles. The maximum atomic E-state index is 13.5. The zero-order chi connectivity index (χ0) is 26.3. The summed E-state index contributed by atoms with van der Waals surface area (Å²) in [5.41, 5.74) is 0.676. The van der Waals surface area contributed by atoms with Gasteiger partial charge in [0, 0.05) is 13.1 Å². The van der Waals surface area contributed by atoms with E-state index >= 15 is 0 Å². The number of hydrogen-bond donors (Lipinski definition) is 2. The Kier molecular flexibility index (Phi) is 6.20. The minimum atomic E-state index is -4.51. The highest BCUT2D eigenvalue weighted by Crippen LogP contribution is 2.34. The zero-order valence-electron chi connectivity index (χ0n) is 19.4. The van der Waals surface area contributed by atoms with Gasteiger partial charge in [0.25, 0.3) is 11.8 Å². The fourth-order valence-electron chi connectivity index (χ4n) is 4.66. The molecule has 10 heteroatoms. The van der Waals surface area contributed by atoms with E-state index in [1.165, 1.54) is 40.1 Å². The van der Waals surface area contributed by atoms with Crippen molar-refractivity contribution in [3.05, 3.63) is 89.5 Å². The van der Waals surface area contributed by atoms with E-state index in [0.29, 0.717) is 11.1 Å². The third kappa shape index (κ3) is 4.67. The fraction of sp³-hybridized carbons (Fsp3) is 0.222. The molecule has 5 rings (SSSR count). The van der Waals surface area contributed by atoms with E-state index in [-0.39, 0.29) is 36.4 Å². The molecular formula is C27H22F3N3O4. The third-order valence-electron chi connectivity index (χ3n) is 6.64. The van der Waals surface area contributed by atoms with E-state index in [1.807, 2.05) is 0 Å². The van der Waals surface area contributed by atoms with Crippen LogP contribution < -0.4 is 5.32 Å². The molecule has 1 fully saturated rings. The van der Waals surface area contributed by atoms with E-state index in [0.717, 1.165) is 12.1 Å². The molecule has 0 saturated carbocycles. The lowest BCUT2D eigenvalue weighted by molar-refractivity contribution is -0.144. The zero-order valence-corrected chi connectivity index (χ0v) is 19.4. The largest absolute Gasteiger partial charge is 0.416 e. The van der Waals surface area contributed by atoms with Crippen LogP contribution in [0.1, 0.15) is 27.6 Å². The van der Waals surface area contributed by atoms with Crippen molar-refractivity contribution in [2.45, 2.75) is 18.3 Å². The molecule has 2 aliphatic heterocycles. The Morgan fingerprint density at radius 2 is 1.68 bits per heavy atom. The Morgan fingerprint density at radius 1 is 0.946 bits per heavy atom. The number of benzene rings is 3. The van der Waals surface area contributed by atoms with Crippen molar-refractivity contribution in [1.82, 2.24) is 9.80 Å². The number of aliphatic hydroxyl groups excluding tert-OH is 1. The maximum Gasteiger partial charge on any atom is 0.416 e. The van der Waals surface area contributed by atoms with Crippen LogP contribution in [0.5, 0.6) is 0 Å². The maximum absolute atomic E-state index is 13.5. The van der Waals surface area contributed by atoms with Crippen LogP contribution in [0.15, 0.2) is 72.8 Å². The van der Waals surface area contributed by atoms with Gasteiger partial charge in [-0.2, -0.15) is 13.2 Å². The van der Waals surface area contributed by atoms with Crippen LogP contribution in [0.25, 0.3) is 11.1 Å². The lowest BCUT2D eigenvalue weighted by Gasteiger charge is -2.40. The molecule has 3 aromatic carbocycles. The average Bonchev–Trinajstić information content (AvgIpc) is 3.01. The van der Waals surface area contributed by atoms with E-state index in [2.05, 4.69) is 5.32 Å². The van der Waals surface area contributed by atoms with Crippen LogP contribution in [0.3, 0.4) is 0 Å². The first kappa shape index (κ1) is 24.5. The Bertz CT molecular complexity index is 1380. The number of carbonyl (C=O) groups is 3. The lowest BCUT2D eigenvalue weighted by Crippen LogP contribution is -2.60. The molecule has 37 heavy (non-hydrogen) atoms. The third-order valence-corrected chi connectivity index (χ3v) is 6.64. The van der Waals surface area contributed by atoms with E-state index in [9.17, 15) is 32.7 Å². The number of piperazine rings is 1. The standard InChI is InChI=1S/C27H22F3N3O4/c28-27(29,30)19-8-4-7-17(13-19)18-9-10-21-20(14-18)25(36)33-12-11-32(15-22(33)24(35)31-21)26(37)23(34)16-5-2-1-3-6-16/h1-10,13-14,22-23,34H,11-12,15H2,(H,31,35). The normalized spacial score (nSPS) is 18.4. The van der Waals surface area contributed by atoms with Gasteiger partial charge in [0.1, 0.15) is 6.04 Å². The van der Waals surface area contributed by atoms with Crippen molar-refractivity contribution in [2.75, 3.05) is 25.0 Å². The highest BCUT2D eigenvalue weighted by atomic mass is 19.4. The number of nitrogens with zero attached hydrogens (tertiary/aromatic N) is 2. The molecule has 2 heterocycles. The molecule has 0 bridgehead atoms. The van der Waals surface area contributed by atoms with Gasteiger partial charge in [-0.1, -0.05) is 48.5 Å². The summed E-state index contributed by atoms with van der Waals surface area (Å²) < 4.78 is 39.6. The number of alkyl halides is 3. The Morgan fingerprint density at radius 3 is 2.41 bits per heavy atom. The molecule has 2 aliphatic rings. The van der Waals surface area contributed by atoms with Crippen molar-refractivity contribution in [1.29, 1.82) is 0 Å². The quantitative estimate of drug-likeness (QED) is 0.564. The second-order valence-electron chi connectivity index (χ2n) is 8.94. The summed E-state index contributed by atoms with van der Waals surface area (Å²) in [4.78, 5) is 42.1. The second kappa shape index (κ2) is 9.36. The number of anilines is 1. The molecule has 2 N–H and O–H groups in total. The fourth-order valence-corrected chi connectivity index (χ4v) is 4.66. The van der Waals surface area contributed by atoms with Crippen LogP contribution in [0.4, 0.5) is 18.9 Å². The predicted molar refractivity (Wildman–Crippen MR) is 128 cm³/mol. The molecule has 2 unspecified atom stereocenters. The molecule has 3 amide bonds. The van der Waals surface area contributed by atoms with Gasteiger partial charge >= 0.3 is 6.18 Å². The SMILES string of the molecule is O=C1Nc2ccc(-c3cccc(C(F)(F)F)c3)cc2C(=O)N2CCN(C(=O)C(O)c3ccccc3)CC12. The minimum absolute atomic E-state index is 0.0530. The van der Waals surface area contributed by atoms with Crippen molar-refractivity contribution >= 4 is 23.4 Å². The number of aliphatic hydroxyl groups is 1. The summed E-state index contributed by atoms with van der Waals surface area (Å²) in [7, 11) is 0. The van der Waals surface area contributed by atoms with Gasteiger partial charge in [0.2, 0.25) is 5.91 Å². The van der Waals surface area contributed by atoms with Gasteiger partial charge in [-0.25, -0.2) is 0 Å². The summed E-state index contributed by atoms with van der Waals surface area (Å²) in [6, 6.07) is 16.7. The highest BCUT2D eigenvalue weighted by Gasteiger charge is 2.41. The summed E-state index contributed by atoms with van der Waals surface area (Å²) in [5.74, 6) is -1.53. The van der Waals surface area contributed by atoms with Crippen molar-refractivity contribution < 1.29 is 32.7 Å². The van der Waals surface area contributed by atoms with E-state index in [1.54, 1.807) is 30.3 Å². The van der Waals surface area contributed by atoms with E-state index < -0.39 is 41.6 Å². The predicted octanol–water partition coefficient (Wildman–Crippen LogP) is 3.71. The first-order valence-electron chi connectivity index (χ1n) is 11.6. The van der Waals surface area contributed by atoms with Crippen LogP contribution in [-0.4, -0.2) is 58.3 Å². The number of carbonyl (C=O) groups excluding carboxylic acids is 3. The van der Waals surface area contributed by atoms with Gasteiger partial charge in [-0.3, -0.25) is 14.4 Å². The molecule has 1 saturated heterocycles. The molecule has 3 aromatic rings. The van der Waals surface area contributed by atoms with Gasteiger partial charge in [-0.15, -0.1) is 0 Å². The number of rotatable bonds is 3. The average molecular weight is 509 g/mol. The summed E-state index contributed by atoms with van der Waals surface area (Å²) in [5, 5.41) is 13.2. The minimum Gasteiger partial charge on any atom is -0.378 e. The summed E-state index contributed by atoms with van der Waals surface area (Å²) >= 11 is 0. The van der Waals surface area contributed by atoms with Crippen LogP contribution in [0.2, 0.25) is 0 Å².